The molecule has 3 saturated heterocycles. The van der Waals surface area contributed by atoms with E-state index in [2.05, 4.69) is 10.2 Å². The number of carbonyl (C=O) groups is 1. The third-order valence-corrected chi connectivity index (χ3v) is 6.48. The smallest absolute Gasteiger partial charge is 0.321 e. The van der Waals surface area contributed by atoms with E-state index in [4.69, 9.17) is 9.47 Å². The number of halogens is 1. The molecular weight excluding hydrogens is 349 g/mol. The molecule has 6 nitrogen and oxygen atoms in total. The van der Waals surface area contributed by atoms with Crippen molar-refractivity contribution in [3.63, 3.8) is 0 Å². The van der Waals surface area contributed by atoms with E-state index in [1.807, 2.05) is 0 Å². The standard InChI is InChI=1S/C20H28FN3O3/c1-26-18-14-24(20(18)8-12-27-13-9-20)15-6-10-23(11-7-15)19(25)22-17-5-3-2-4-16(17)21/h2-5,15,18H,6-14H2,1H3,(H,22,25). The first-order chi connectivity index (χ1) is 13.1. The number of ether oxygens (including phenoxy) is 2. The predicted octanol–water partition coefficient (Wildman–Crippen LogP) is 2.70. The summed E-state index contributed by atoms with van der Waals surface area (Å²) in [6.45, 7) is 3.92. The molecule has 1 N–H and O–H groups in total. The van der Waals surface area contributed by atoms with Crippen molar-refractivity contribution in [3.05, 3.63) is 30.1 Å². The Balaban J connectivity index is 1.34. The first kappa shape index (κ1) is 18.7. The van der Waals surface area contributed by atoms with Gasteiger partial charge in [0.2, 0.25) is 0 Å². The Morgan fingerprint density at radius 3 is 2.63 bits per heavy atom. The average Bonchev–Trinajstić information content (AvgIpc) is 2.70. The molecule has 3 aliphatic heterocycles. The van der Waals surface area contributed by atoms with E-state index < -0.39 is 5.82 Å². The molecule has 27 heavy (non-hydrogen) atoms. The minimum Gasteiger partial charge on any atom is -0.381 e. The number of para-hydroxylation sites is 1. The van der Waals surface area contributed by atoms with Gasteiger partial charge in [-0.05, 0) is 37.8 Å². The number of carbonyl (C=O) groups excluding carboxylic acids is 1. The molecule has 7 heteroatoms. The molecule has 1 atom stereocenters. The van der Waals surface area contributed by atoms with Crippen LogP contribution in [0.4, 0.5) is 14.9 Å². The van der Waals surface area contributed by atoms with Gasteiger partial charge in [-0.25, -0.2) is 9.18 Å². The molecule has 1 aromatic rings. The average molecular weight is 377 g/mol. The summed E-state index contributed by atoms with van der Waals surface area (Å²) in [6, 6.07) is 6.51. The third-order valence-electron chi connectivity index (χ3n) is 6.48. The zero-order chi connectivity index (χ0) is 18.9. The first-order valence-corrected chi connectivity index (χ1v) is 9.82. The van der Waals surface area contributed by atoms with Crippen LogP contribution in [0.15, 0.2) is 24.3 Å². The van der Waals surface area contributed by atoms with Gasteiger partial charge in [-0.1, -0.05) is 12.1 Å². The zero-order valence-corrected chi connectivity index (χ0v) is 15.8. The van der Waals surface area contributed by atoms with Gasteiger partial charge in [-0.15, -0.1) is 0 Å². The molecule has 3 aliphatic rings. The maximum Gasteiger partial charge on any atom is 0.321 e. The zero-order valence-electron chi connectivity index (χ0n) is 15.8. The predicted molar refractivity (Wildman–Crippen MR) is 100 cm³/mol. The number of nitrogens with zero attached hydrogens (tertiary/aromatic N) is 2. The number of hydrogen-bond donors (Lipinski definition) is 1. The molecule has 1 unspecified atom stereocenters. The van der Waals surface area contributed by atoms with Gasteiger partial charge in [0.05, 0.1) is 17.3 Å². The number of likely N-dealkylation sites (tertiary alicyclic amines) is 2. The second-order valence-electron chi connectivity index (χ2n) is 7.72. The topological polar surface area (TPSA) is 54.0 Å². The number of methoxy groups -OCH3 is 1. The highest BCUT2D eigenvalue weighted by atomic mass is 19.1. The lowest BCUT2D eigenvalue weighted by Gasteiger charge is -2.63. The van der Waals surface area contributed by atoms with Crippen LogP contribution in [-0.2, 0) is 9.47 Å². The minimum atomic E-state index is -0.409. The number of amides is 2. The van der Waals surface area contributed by atoms with Gasteiger partial charge in [0.15, 0.2) is 0 Å². The van der Waals surface area contributed by atoms with Gasteiger partial charge >= 0.3 is 6.03 Å². The van der Waals surface area contributed by atoms with Gasteiger partial charge in [0.1, 0.15) is 5.82 Å². The molecular formula is C20H28FN3O3. The number of benzene rings is 1. The first-order valence-electron chi connectivity index (χ1n) is 9.82. The van der Waals surface area contributed by atoms with Crippen LogP contribution in [0.25, 0.3) is 0 Å². The van der Waals surface area contributed by atoms with Gasteiger partial charge in [0.25, 0.3) is 0 Å². The molecule has 4 rings (SSSR count). The summed E-state index contributed by atoms with van der Waals surface area (Å²) < 4.78 is 25.0. The highest BCUT2D eigenvalue weighted by Crippen LogP contribution is 2.44. The molecule has 3 heterocycles. The Kier molecular flexibility index (Phi) is 5.34. The van der Waals surface area contributed by atoms with Crippen molar-refractivity contribution in [1.82, 2.24) is 9.80 Å². The van der Waals surface area contributed by atoms with E-state index in [-0.39, 0.29) is 23.4 Å². The second-order valence-corrected chi connectivity index (χ2v) is 7.72. The number of nitrogens with one attached hydrogen (secondary N) is 1. The molecule has 2 amide bonds. The Labute approximate surface area is 159 Å². The van der Waals surface area contributed by atoms with Crippen molar-refractivity contribution in [1.29, 1.82) is 0 Å². The van der Waals surface area contributed by atoms with E-state index in [1.165, 1.54) is 6.07 Å². The van der Waals surface area contributed by atoms with Crippen molar-refractivity contribution >= 4 is 11.7 Å². The summed E-state index contributed by atoms with van der Waals surface area (Å²) in [5, 5.41) is 2.69. The van der Waals surface area contributed by atoms with E-state index in [0.717, 1.165) is 45.4 Å². The molecule has 0 aromatic heterocycles. The SMILES string of the molecule is COC1CN(C2CCN(C(=O)Nc3ccccc3F)CC2)C12CCOCC2. The van der Waals surface area contributed by atoms with Crippen LogP contribution >= 0.6 is 0 Å². The fraction of sp³-hybridized carbons (Fsp3) is 0.650. The lowest BCUT2D eigenvalue weighted by Crippen LogP contribution is -2.75. The minimum absolute atomic E-state index is 0.106. The second kappa shape index (κ2) is 7.73. The third kappa shape index (κ3) is 3.44. The monoisotopic (exact) mass is 377 g/mol. The van der Waals surface area contributed by atoms with E-state index in [1.54, 1.807) is 30.2 Å². The van der Waals surface area contributed by atoms with Gasteiger partial charge in [-0.2, -0.15) is 0 Å². The van der Waals surface area contributed by atoms with Crippen molar-refractivity contribution in [2.45, 2.75) is 43.4 Å². The number of urea groups is 1. The van der Waals surface area contributed by atoms with Crippen LogP contribution in [0.5, 0.6) is 0 Å². The summed E-state index contributed by atoms with van der Waals surface area (Å²) in [7, 11) is 1.80. The van der Waals surface area contributed by atoms with Crippen LogP contribution in [0, 0.1) is 5.82 Å². The van der Waals surface area contributed by atoms with Crippen molar-refractivity contribution in [3.8, 4) is 0 Å². The van der Waals surface area contributed by atoms with E-state index >= 15 is 0 Å². The summed E-state index contributed by atoms with van der Waals surface area (Å²) in [5.41, 5.74) is 0.339. The maximum absolute atomic E-state index is 13.7. The molecule has 148 valence electrons. The van der Waals surface area contributed by atoms with Crippen LogP contribution in [0.3, 0.4) is 0 Å². The Morgan fingerprint density at radius 2 is 1.96 bits per heavy atom. The van der Waals surface area contributed by atoms with Crippen molar-refractivity contribution in [2.75, 3.05) is 45.3 Å². The van der Waals surface area contributed by atoms with Gasteiger partial charge in [0, 0.05) is 46.0 Å². The molecule has 3 fully saturated rings. The normalized spacial score (nSPS) is 26.0. The van der Waals surface area contributed by atoms with Crippen LogP contribution in [-0.4, -0.2) is 73.5 Å². The Morgan fingerprint density at radius 1 is 1.26 bits per heavy atom. The van der Waals surface area contributed by atoms with Crippen LogP contribution < -0.4 is 5.32 Å². The largest absolute Gasteiger partial charge is 0.381 e. The highest BCUT2D eigenvalue weighted by molar-refractivity contribution is 5.89. The number of hydrogen-bond acceptors (Lipinski definition) is 4. The molecule has 0 bridgehead atoms. The molecule has 0 saturated carbocycles. The number of anilines is 1. The van der Waals surface area contributed by atoms with Crippen molar-refractivity contribution in [2.24, 2.45) is 0 Å². The quantitative estimate of drug-likeness (QED) is 0.880. The summed E-state index contributed by atoms with van der Waals surface area (Å²) in [4.78, 5) is 16.8. The molecule has 0 radical (unpaired) electrons. The van der Waals surface area contributed by atoms with E-state index in [0.29, 0.717) is 19.1 Å². The lowest BCUT2D eigenvalue weighted by atomic mass is 9.73. The Hall–Kier alpha value is -1.70. The fourth-order valence-corrected chi connectivity index (χ4v) is 4.88. The lowest BCUT2D eigenvalue weighted by molar-refractivity contribution is -0.207. The summed E-state index contributed by atoms with van der Waals surface area (Å²) in [6.07, 6.45) is 4.18. The van der Waals surface area contributed by atoms with Gasteiger partial charge in [-0.3, -0.25) is 4.90 Å². The highest BCUT2D eigenvalue weighted by Gasteiger charge is 2.56. The number of piperidine rings is 1. The Bertz CT molecular complexity index is 672. The van der Waals surface area contributed by atoms with Gasteiger partial charge < -0.3 is 19.7 Å². The van der Waals surface area contributed by atoms with Crippen LogP contribution in [0.2, 0.25) is 0 Å². The molecule has 0 aliphatic carbocycles. The van der Waals surface area contributed by atoms with Crippen molar-refractivity contribution < 1.29 is 18.7 Å². The van der Waals surface area contributed by atoms with E-state index in [9.17, 15) is 9.18 Å². The summed E-state index contributed by atoms with van der Waals surface area (Å²) >= 11 is 0. The fourth-order valence-electron chi connectivity index (χ4n) is 4.88. The summed E-state index contributed by atoms with van der Waals surface area (Å²) in [5.74, 6) is -0.409. The molecule has 1 aromatic carbocycles. The number of rotatable bonds is 3. The molecule has 1 spiro atoms. The van der Waals surface area contributed by atoms with Crippen LogP contribution in [0.1, 0.15) is 25.7 Å². The maximum atomic E-state index is 13.7.